The van der Waals surface area contributed by atoms with Crippen LogP contribution in [-0.2, 0) is 0 Å². The average Bonchev–Trinajstić information content (AvgIpc) is 2.62. The molecule has 1 heterocycles. The van der Waals surface area contributed by atoms with Gasteiger partial charge in [0.1, 0.15) is 5.75 Å². The molecule has 0 aromatic heterocycles. The lowest BCUT2D eigenvalue weighted by Crippen LogP contribution is -2.48. The number of hydrogen-bond donors (Lipinski definition) is 1. The van der Waals surface area contributed by atoms with Crippen LogP contribution in [0, 0.1) is 11.3 Å². The Morgan fingerprint density at radius 2 is 1.65 bits per heavy atom. The molecule has 1 aliphatic heterocycles. The van der Waals surface area contributed by atoms with Crippen molar-refractivity contribution in [2.24, 2.45) is 0 Å². The summed E-state index contributed by atoms with van der Waals surface area (Å²) in [6, 6.07) is 16.0. The molecule has 0 bridgehead atoms. The molecule has 2 aromatic carbocycles. The highest BCUT2D eigenvalue weighted by Gasteiger charge is 2.23. The molecular formula is C18H17N3O2. The van der Waals surface area contributed by atoms with Gasteiger partial charge in [-0.25, -0.2) is 0 Å². The number of carbonyl (C=O) groups excluding carboxylic acids is 1. The summed E-state index contributed by atoms with van der Waals surface area (Å²) in [5, 5.41) is 18.7. The van der Waals surface area contributed by atoms with Gasteiger partial charge in [0.05, 0.1) is 17.3 Å². The number of rotatable bonds is 2. The first-order valence-corrected chi connectivity index (χ1v) is 7.51. The lowest BCUT2D eigenvalue weighted by Gasteiger charge is -2.36. The van der Waals surface area contributed by atoms with Crippen molar-refractivity contribution in [3.63, 3.8) is 0 Å². The highest BCUT2D eigenvalue weighted by atomic mass is 16.3. The van der Waals surface area contributed by atoms with Gasteiger partial charge in [-0.3, -0.25) is 4.79 Å². The van der Waals surface area contributed by atoms with E-state index in [1.165, 1.54) is 0 Å². The molecule has 116 valence electrons. The van der Waals surface area contributed by atoms with Crippen molar-refractivity contribution in [3.8, 4) is 11.8 Å². The third-order valence-corrected chi connectivity index (χ3v) is 4.05. The van der Waals surface area contributed by atoms with Gasteiger partial charge in [-0.2, -0.15) is 5.26 Å². The predicted molar refractivity (Wildman–Crippen MR) is 87.4 cm³/mol. The van der Waals surface area contributed by atoms with Gasteiger partial charge in [-0.05, 0) is 36.4 Å². The Labute approximate surface area is 135 Å². The van der Waals surface area contributed by atoms with E-state index in [9.17, 15) is 9.90 Å². The first kappa shape index (κ1) is 14.9. The fraction of sp³-hybridized carbons (Fsp3) is 0.222. The molecule has 0 saturated carbocycles. The van der Waals surface area contributed by atoms with Crippen molar-refractivity contribution in [1.82, 2.24) is 4.90 Å². The van der Waals surface area contributed by atoms with E-state index < -0.39 is 0 Å². The van der Waals surface area contributed by atoms with E-state index in [0.29, 0.717) is 37.3 Å². The van der Waals surface area contributed by atoms with Gasteiger partial charge in [0.2, 0.25) is 0 Å². The smallest absolute Gasteiger partial charge is 0.253 e. The van der Waals surface area contributed by atoms with Crippen molar-refractivity contribution < 1.29 is 9.90 Å². The molecular weight excluding hydrogens is 290 g/mol. The normalized spacial score (nSPS) is 14.4. The molecule has 5 nitrogen and oxygen atoms in total. The summed E-state index contributed by atoms with van der Waals surface area (Å²) in [5.74, 6) is 0.241. The van der Waals surface area contributed by atoms with E-state index in [4.69, 9.17) is 5.26 Å². The summed E-state index contributed by atoms with van der Waals surface area (Å²) in [4.78, 5) is 16.4. The van der Waals surface area contributed by atoms with Crippen LogP contribution in [0.25, 0.3) is 0 Å². The van der Waals surface area contributed by atoms with Gasteiger partial charge < -0.3 is 14.9 Å². The highest BCUT2D eigenvalue weighted by Crippen LogP contribution is 2.27. The number of carbonyl (C=O) groups is 1. The molecule has 1 saturated heterocycles. The lowest BCUT2D eigenvalue weighted by molar-refractivity contribution is 0.0746. The van der Waals surface area contributed by atoms with E-state index in [2.05, 4.69) is 4.90 Å². The quantitative estimate of drug-likeness (QED) is 0.924. The van der Waals surface area contributed by atoms with Crippen molar-refractivity contribution >= 4 is 11.6 Å². The predicted octanol–water partition coefficient (Wildman–Crippen LogP) is 2.23. The van der Waals surface area contributed by atoms with Crippen LogP contribution < -0.4 is 4.90 Å². The number of hydrogen-bond acceptors (Lipinski definition) is 4. The standard InChI is InChI=1S/C18H17N3O2/c19-13-14-5-7-15(8-6-14)18(23)21-11-9-20(10-12-21)16-3-1-2-4-17(16)22/h1-8,22H,9-12H2. The first-order chi connectivity index (χ1) is 11.2. The second-order valence-electron chi connectivity index (χ2n) is 5.46. The van der Waals surface area contributed by atoms with Crippen LogP contribution in [-0.4, -0.2) is 42.1 Å². The van der Waals surface area contributed by atoms with E-state index in [-0.39, 0.29) is 11.7 Å². The number of amides is 1. The summed E-state index contributed by atoms with van der Waals surface area (Å²) in [5.41, 5.74) is 1.95. The molecule has 0 unspecified atom stereocenters. The zero-order valence-electron chi connectivity index (χ0n) is 12.6. The van der Waals surface area contributed by atoms with Crippen LogP contribution >= 0.6 is 0 Å². The number of benzene rings is 2. The Morgan fingerprint density at radius 1 is 1.00 bits per heavy atom. The van der Waals surface area contributed by atoms with Crippen molar-refractivity contribution in [3.05, 3.63) is 59.7 Å². The van der Waals surface area contributed by atoms with Crippen LogP contribution in [0.5, 0.6) is 5.75 Å². The molecule has 1 aliphatic rings. The van der Waals surface area contributed by atoms with Gasteiger partial charge in [-0.15, -0.1) is 0 Å². The van der Waals surface area contributed by atoms with E-state index in [1.54, 1.807) is 41.3 Å². The minimum atomic E-state index is -0.0218. The van der Waals surface area contributed by atoms with Crippen LogP contribution in [0.4, 0.5) is 5.69 Å². The molecule has 5 heteroatoms. The summed E-state index contributed by atoms with van der Waals surface area (Å²) in [7, 11) is 0. The fourth-order valence-electron chi connectivity index (χ4n) is 2.75. The summed E-state index contributed by atoms with van der Waals surface area (Å²) in [6.45, 7) is 2.57. The molecule has 0 atom stereocenters. The number of phenolic OH excluding ortho intramolecular Hbond substituents is 1. The third kappa shape index (κ3) is 3.11. The Balaban J connectivity index is 1.65. The van der Waals surface area contributed by atoms with Crippen molar-refractivity contribution in [1.29, 1.82) is 5.26 Å². The Kier molecular flexibility index (Phi) is 4.15. The van der Waals surface area contributed by atoms with Crippen molar-refractivity contribution in [2.45, 2.75) is 0 Å². The topological polar surface area (TPSA) is 67.6 Å². The minimum Gasteiger partial charge on any atom is -0.506 e. The van der Waals surface area contributed by atoms with Crippen LogP contribution in [0.2, 0.25) is 0 Å². The van der Waals surface area contributed by atoms with Crippen LogP contribution in [0.1, 0.15) is 15.9 Å². The number of nitrogens with zero attached hydrogens (tertiary/aromatic N) is 3. The number of aromatic hydroxyl groups is 1. The second kappa shape index (κ2) is 6.41. The van der Waals surface area contributed by atoms with Gasteiger partial charge in [0, 0.05) is 31.7 Å². The number of piperazine rings is 1. The number of anilines is 1. The molecule has 3 rings (SSSR count). The lowest BCUT2D eigenvalue weighted by atomic mass is 10.1. The molecule has 23 heavy (non-hydrogen) atoms. The fourth-order valence-corrected chi connectivity index (χ4v) is 2.75. The molecule has 1 amide bonds. The monoisotopic (exact) mass is 307 g/mol. The summed E-state index contributed by atoms with van der Waals surface area (Å²) < 4.78 is 0. The summed E-state index contributed by atoms with van der Waals surface area (Å²) in [6.07, 6.45) is 0. The van der Waals surface area contributed by atoms with Gasteiger partial charge in [0.15, 0.2) is 0 Å². The molecule has 2 aromatic rings. The van der Waals surface area contributed by atoms with Crippen LogP contribution in [0.15, 0.2) is 48.5 Å². The number of nitriles is 1. The molecule has 1 fully saturated rings. The number of phenols is 1. The van der Waals surface area contributed by atoms with Gasteiger partial charge >= 0.3 is 0 Å². The van der Waals surface area contributed by atoms with E-state index >= 15 is 0 Å². The SMILES string of the molecule is N#Cc1ccc(C(=O)N2CCN(c3ccccc3O)CC2)cc1. The Bertz CT molecular complexity index is 742. The molecule has 1 N–H and O–H groups in total. The zero-order valence-corrected chi connectivity index (χ0v) is 12.6. The van der Waals surface area contributed by atoms with E-state index in [0.717, 1.165) is 5.69 Å². The average molecular weight is 307 g/mol. The summed E-state index contributed by atoms with van der Waals surface area (Å²) >= 11 is 0. The maximum Gasteiger partial charge on any atom is 0.253 e. The van der Waals surface area contributed by atoms with Gasteiger partial charge in [0.25, 0.3) is 5.91 Å². The highest BCUT2D eigenvalue weighted by molar-refractivity contribution is 5.94. The zero-order chi connectivity index (χ0) is 16.2. The first-order valence-electron chi connectivity index (χ1n) is 7.51. The van der Waals surface area contributed by atoms with Gasteiger partial charge in [-0.1, -0.05) is 12.1 Å². The Hall–Kier alpha value is -3.00. The second-order valence-corrected chi connectivity index (χ2v) is 5.46. The largest absolute Gasteiger partial charge is 0.506 e. The molecule has 0 spiro atoms. The molecule has 0 aliphatic carbocycles. The maximum absolute atomic E-state index is 12.5. The van der Waals surface area contributed by atoms with E-state index in [1.807, 2.05) is 18.2 Å². The minimum absolute atomic E-state index is 0.0218. The van der Waals surface area contributed by atoms with Crippen molar-refractivity contribution in [2.75, 3.05) is 31.1 Å². The number of para-hydroxylation sites is 2. The molecule has 0 radical (unpaired) electrons. The van der Waals surface area contributed by atoms with Crippen LogP contribution in [0.3, 0.4) is 0 Å². The Morgan fingerprint density at radius 3 is 2.26 bits per heavy atom. The maximum atomic E-state index is 12.5. The third-order valence-electron chi connectivity index (χ3n) is 4.05.